The van der Waals surface area contributed by atoms with Crippen molar-refractivity contribution in [2.24, 2.45) is 0 Å². The summed E-state index contributed by atoms with van der Waals surface area (Å²) in [6.07, 6.45) is 1.02. The molecular formula is C30H28. The van der Waals surface area contributed by atoms with Gasteiger partial charge in [-0.3, -0.25) is 0 Å². The molecule has 2 unspecified atom stereocenters. The van der Waals surface area contributed by atoms with Gasteiger partial charge < -0.3 is 0 Å². The van der Waals surface area contributed by atoms with Gasteiger partial charge in [0.1, 0.15) is 0 Å². The van der Waals surface area contributed by atoms with E-state index < -0.39 is 0 Å². The zero-order chi connectivity index (χ0) is 20.8. The molecule has 0 aliphatic heterocycles. The molecule has 148 valence electrons. The molecule has 0 spiro atoms. The van der Waals surface area contributed by atoms with E-state index in [4.69, 9.17) is 0 Å². The predicted octanol–water partition coefficient (Wildman–Crippen LogP) is 7.35. The Kier molecular flexibility index (Phi) is 4.40. The highest BCUT2D eigenvalue weighted by molar-refractivity contribution is 5.62. The van der Waals surface area contributed by atoms with Crippen molar-refractivity contribution in [3.8, 4) is 0 Å². The summed E-state index contributed by atoms with van der Waals surface area (Å²) in [6.45, 7) is 6.82. The minimum atomic E-state index is -0.164. The van der Waals surface area contributed by atoms with Gasteiger partial charge >= 0.3 is 0 Å². The van der Waals surface area contributed by atoms with E-state index in [9.17, 15) is 0 Å². The summed E-state index contributed by atoms with van der Waals surface area (Å²) in [5.41, 5.74) is 9.46. The predicted molar refractivity (Wildman–Crippen MR) is 126 cm³/mol. The first-order chi connectivity index (χ1) is 14.5. The fraction of sp³-hybridized carbons (Fsp3) is 0.200. The second-order valence-corrected chi connectivity index (χ2v) is 9.06. The Hall–Kier alpha value is -3.12. The Balaban J connectivity index is 1.85. The van der Waals surface area contributed by atoms with Crippen LogP contribution < -0.4 is 0 Å². The zero-order valence-corrected chi connectivity index (χ0v) is 18.0. The van der Waals surface area contributed by atoms with Gasteiger partial charge in [-0.2, -0.15) is 0 Å². The Morgan fingerprint density at radius 1 is 0.533 bits per heavy atom. The standard InChI is InChI=1S/C30H28/c1-22-11-9-15-25(19-22)29(3)21-30(24-13-5-4-6-14-24,26-16-10-12-23(2)20-26)28-18-8-7-17-27(28)29/h4-20H,21H2,1-3H3. The number of fused-ring (bicyclic) bond motifs is 1. The molecule has 2 atom stereocenters. The van der Waals surface area contributed by atoms with Crippen molar-refractivity contribution < 1.29 is 0 Å². The molecule has 0 fully saturated rings. The van der Waals surface area contributed by atoms with Crippen LogP contribution in [0, 0.1) is 13.8 Å². The number of benzene rings is 4. The molecule has 1 aliphatic carbocycles. The molecule has 0 heterocycles. The van der Waals surface area contributed by atoms with E-state index in [1.165, 1.54) is 38.9 Å². The van der Waals surface area contributed by atoms with Crippen molar-refractivity contribution in [3.63, 3.8) is 0 Å². The lowest BCUT2D eigenvalue weighted by molar-refractivity contribution is 0.472. The van der Waals surface area contributed by atoms with Crippen molar-refractivity contribution in [2.45, 2.75) is 38.0 Å². The average molecular weight is 389 g/mol. The molecule has 30 heavy (non-hydrogen) atoms. The van der Waals surface area contributed by atoms with Gasteiger partial charge in [0.05, 0.1) is 0 Å². The minimum absolute atomic E-state index is 0.0534. The SMILES string of the molecule is Cc1cccc(C2(C)CC(c3ccccc3)(c3cccc(C)c3)c3ccccc32)c1. The molecule has 0 N–H and O–H groups in total. The molecule has 0 aromatic heterocycles. The van der Waals surface area contributed by atoms with E-state index in [0.717, 1.165) is 6.42 Å². The van der Waals surface area contributed by atoms with Gasteiger partial charge in [0, 0.05) is 10.8 Å². The number of hydrogen-bond donors (Lipinski definition) is 0. The largest absolute Gasteiger partial charge is 0.0622 e. The first-order valence-corrected chi connectivity index (χ1v) is 10.8. The van der Waals surface area contributed by atoms with E-state index in [2.05, 4.69) is 124 Å². The second-order valence-electron chi connectivity index (χ2n) is 9.06. The van der Waals surface area contributed by atoms with Crippen molar-refractivity contribution in [2.75, 3.05) is 0 Å². The molecule has 5 rings (SSSR count). The Morgan fingerprint density at radius 3 is 1.73 bits per heavy atom. The topological polar surface area (TPSA) is 0 Å². The smallest absolute Gasteiger partial charge is 0.0466 e. The summed E-state index contributed by atoms with van der Waals surface area (Å²) in [7, 11) is 0. The normalized spacial score (nSPS) is 22.6. The van der Waals surface area contributed by atoms with Crippen LogP contribution >= 0.6 is 0 Å². The van der Waals surface area contributed by atoms with E-state index in [1.807, 2.05) is 0 Å². The summed E-state index contributed by atoms with van der Waals surface area (Å²) >= 11 is 0. The Labute approximate surface area is 180 Å². The first-order valence-electron chi connectivity index (χ1n) is 10.8. The molecule has 0 saturated heterocycles. The van der Waals surface area contributed by atoms with Gasteiger partial charge in [-0.15, -0.1) is 0 Å². The molecule has 1 aliphatic rings. The maximum Gasteiger partial charge on any atom is 0.0466 e. The van der Waals surface area contributed by atoms with Crippen LogP contribution in [0.2, 0.25) is 0 Å². The van der Waals surface area contributed by atoms with Crippen LogP contribution in [-0.4, -0.2) is 0 Å². The monoisotopic (exact) mass is 388 g/mol. The summed E-state index contributed by atoms with van der Waals surface area (Å²) < 4.78 is 0. The molecule has 4 aromatic carbocycles. The third kappa shape index (κ3) is 2.75. The maximum atomic E-state index is 2.43. The quantitative estimate of drug-likeness (QED) is 0.344. The van der Waals surface area contributed by atoms with Gasteiger partial charge in [0.15, 0.2) is 0 Å². The lowest BCUT2D eigenvalue weighted by Crippen LogP contribution is -2.30. The molecule has 4 aromatic rings. The van der Waals surface area contributed by atoms with E-state index in [-0.39, 0.29) is 10.8 Å². The molecule has 0 nitrogen and oxygen atoms in total. The summed E-state index contributed by atoms with van der Waals surface area (Å²) in [4.78, 5) is 0. The van der Waals surface area contributed by atoms with Gasteiger partial charge in [-0.1, -0.05) is 121 Å². The first kappa shape index (κ1) is 18.9. The lowest BCUT2D eigenvalue weighted by Gasteiger charge is -2.35. The summed E-state index contributed by atoms with van der Waals surface area (Å²) in [5, 5.41) is 0. The van der Waals surface area contributed by atoms with Gasteiger partial charge in [-0.25, -0.2) is 0 Å². The number of aryl methyl sites for hydroxylation is 2. The molecule has 0 amide bonds. The fourth-order valence-corrected chi connectivity index (χ4v) is 5.62. The third-order valence-electron chi connectivity index (χ3n) is 7.03. The van der Waals surface area contributed by atoms with Crippen LogP contribution in [0.5, 0.6) is 0 Å². The highest BCUT2D eigenvalue weighted by Crippen LogP contribution is 2.58. The van der Waals surface area contributed by atoms with Crippen LogP contribution in [0.1, 0.15) is 52.3 Å². The minimum Gasteiger partial charge on any atom is -0.0622 e. The summed E-state index contributed by atoms with van der Waals surface area (Å²) in [5.74, 6) is 0. The molecule has 0 bridgehead atoms. The number of hydrogen-bond acceptors (Lipinski definition) is 0. The number of rotatable bonds is 3. The van der Waals surface area contributed by atoms with Gasteiger partial charge in [0.2, 0.25) is 0 Å². The Bertz CT molecular complexity index is 1200. The molecular weight excluding hydrogens is 360 g/mol. The van der Waals surface area contributed by atoms with Crippen molar-refractivity contribution in [1.82, 2.24) is 0 Å². The third-order valence-corrected chi connectivity index (χ3v) is 7.03. The zero-order valence-electron chi connectivity index (χ0n) is 18.0. The summed E-state index contributed by atoms with van der Waals surface area (Å²) in [6, 6.07) is 38.4. The van der Waals surface area contributed by atoms with Crippen LogP contribution in [-0.2, 0) is 10.8 Å². The van der Waals surface area contributed by atoms with Gasteiger partial charge in [0.25, 0.3) is 0 Å². The molecule has 0 radical (unpaired) electrons. The highest BCUT2D eigenvalue weighted by Gasteiger charge is 2.52. The lowest BCUT2D eigenvalue weighted by atomic mass is 9.67. The van der Waals surface area contributed by atoms with Crippen molar-refractivity contribution in [3.05, 3.63) is 142 Å². The molecule has 0 heteroatoms. The fourth-order valence-electron chi connectivity index (χ4n) is 5.62. The van der Waals surface area contributed by atoms with Crippen LogP contribution in [0.15, 0.2) is 103 Å². The maximum absolute atomic E-state index is 2.43. The van der Waals surface area contributed by atoms with E-state index >= 15 is 0 Å². The van der Waals surface area contributed by atoms with Crippen molar-refractivity contribution >= 4 is 0 Å². The van der Waals surface area contributed by atoms with Crippen LogP contribution in [0.3, 0.4) is 0 Å². The highest BCUT2D eigenvalue weighted by atomic mass is 14.5. The Morgan fingerprint density at radius 2 is 1.07 bits per heavy atom. The van der Waals surface area contributed by atoms with Crippen LogP contribution in [0.25, 0.3) is 0 Å². The van der Waals surface area contributed by atoms with Crippen LogP contribution in [0.4, 0.5) is 0 Å². The molecule has 0 saturated carbocycles. The average Bonchev–Trinajstić information content (AvgIpc) is 3.06. The van der Waals surface area contributed by atoms with Gasteiger partial charge in [-0.05, 0) is 48.1 Å². The van der Waals surface area contributed by atoms with Crippen molar-refractivity contribution in [1.29, 1.82) is 0 Å². The van der Waals surface area contributed by atoms with E-state index in [1.54, 1.807) is 0 Å². The van der Waals surface area contributed by atoms with E-state index in [0.29, 0.717) is 0 Å². The second kappa shape index (κ2) is 6.99.